The third-order valence-corrected chi connectivity index (χ3v) is 3.44. The minimum absolute atomic E-state index is 0.940. The minimum atomic E-state index is 0.940. The fraction of sp³-hybridized carbons (Fsp3) is 0.571. The SMILES string of the molecule is CCCN(CC)c1ccc(CNCC)cc1Br. The first-order chi connectivity index (χ1) is 8.22. The van der Waals surface area contributed by atoms with Crippen molar-refractivity contribution in [2.75, 3.05) is 24.5 Å². The summed E-state index contributed by atoms with van der Waals surface area (Å²) in [6.07, 6.45) is 1.18. The summed E-state index contributed by atoms with van der Waals surface area (Å²) in [6.45, 7) is 10.7. The van der Waals surface area contributed by atoms with Crippen LogP contribution in [0.5, 0.6) is 0 Å². The van der Waals surface area contributed by atoms with E-state index in [1.54, 1.807) is 0 Å². The van der Waals surface area contributed by atoms with Crippen LogP contribution in [-0.4, -0.2) is 19.6 Å². The van der Waals surface area contributed by atoms with Crippen LogP contribution in [-0.2, 0) is 6.54 Å². The quantitative estimate of drug-likeness (QED) is 0.824. The smallest absolute Gasteiger partial charge is 0.0510 e. The number of rotatable bonds is 7. The molecule has 0 aliphatic rings. The molecular weight excluding hydrogens is 276 g/mol. The first kappa shape index (κ1) is 14.5. The summed E-state index contributed by atoms with van der Waals surface area (Å²) in [4.78, 5) is 2.40. The lowest BCUT2D eigenvalue weighted by Crippen LogP contribution is -2.23. The average Bonchev–Trinajstić information content (AvgIpc) is 2.34. The number of halogens is 1. The van der Waals surface area contributed by atoms with Gasteiger partial charge in [-0.15, -0.1) is 0 Å². The summed E-state index contributed by atoms with van der Waals surface area (Å²) in [6, 6.07) is 6.65. The van der Waals surface area contributed by atoms with E-state index in [2.05, 4.69) is 65.1 Å². The molecule has 0 aromatic heterocycles. The molecule has 0 saturated carbocycles. The van der Waals surface area contributed by atoms with Crippen LogP contribution in [0.15, 0.2) is 22.7 Å². The third-order valence-electron chi connectivity index (χ3n) is 2.81. The lowest BCUT2D eigenvalue weighted by molar-refractivity contribution is 0.726. The van der Waals surface area contributed by atoms with E-state index < -0.39 is 0 Å². The van der Waals surface area contributed by atoms with Gasteiger partial charge in [-0.2, -0.15) is 0 Å². The topological polar surface area (TPSA) is 15.3 Å². The highest BCUT2D eigenvalue weighted by Crippen LogP contribution is 2.27. The van der Waals surface area contributed by atoms with Gasteiger partial charge in [0.2, 0.25) is 0 Å². The average molecular weight is 299 g/mol. The molecular formula is C14H23BrN2. The highest BCUT2D eigenvalue weighted by atomic mass is 79.9. The summed E-state index contributed by atoms with van der Waals surface area (Å²) in [5.74, 6) is 0. The lowest BCUT2D eigenvalue weighted by Gasteiger charge is -2.24. The molecule has 2 nitrogen and oxygen atoms in total. The summed E-state index contributed by atoms with van der Waals surface area (Å²) in [5, 5.41) is 3.35. The van der Waals surface area contributed by atoms with Crippen molar-refractivity contribution in [3.63, 3.8) is 0 Å². The van der Waals surface area contributed by atoms with Crippen LogP contribution in [0.4, 0.5) is 5.69 Å². The van der Waals surface area contributed by atoms with Crippen molar-refractivity contribution in [2.24, 2.45) is 0 Å². The molecule has 0 bridgehead atoms. The Bertz CT molecular complexity index is 339. The maximum absolute atomic E-state index is 3.68. The molecule has 0 aliphatic carbocycles. The van der Waals surface area contributed by atoms with Crippen molar-refractivity contribution < 1.29 is 0 Å². The molecule has 1 rings (SSSR count). The molecule has 0 unspecified atom stereocenters. The predicted octanol–water partition coefficient (Wildman–Crippen LogP) is 3.79. The Hall–Kier alpha value is -0.540. The zero-order valence-electron chi connectivity index (χ0n) is 11.1. The zero-order chi connectivity index (χ0) is 12.7. The van der Waals surface area contributed by atoms with Crippen molar-refractivity contribution in [3.05, 3.63) is 28.2 Å². The van der Waals surface area contributed by atoms with Gasteiger partial charge in [0.1, 0.15) is 0 Å². The summed E-state index contributed by atoms with van der Waals surface area (Å²) >= 11 is 3.68. The van der Waals surface area contributed by atoms with Crippen molar-refractivity contribution >= 4 is 21.6 Å². The van der Waals surface area contributed by atoms with E-state index in [1.165, 1.54) is 22.1 Å². The number of hydrogen-bond donors (Lipinski definition) is 1. The first-order valence-electron chi connectivity index (χ1n) is 6.47. The van der Waals surface area contributed by atoms with Gasteiger partial charge in [-0.1, -0.05) is 19.9 Å². The Labute approximate surface area is 114 Å². The maximum atomic E-state index is 3.68. The molecule has 0 amide bonds. The van der Waals surface area contributed by atoms with Crippen molar-refractivity contribution in [3.8, 4) is 0 Å². The number of hydrogen-bond acceptors (Lipinski definition) is 2. The molecule has 0 saturated heterocycles. The van der Waals surface area contributed by atoms with Gasteiger partial charge in [0.15, 0.2) is 0 Å². The van der Waals surface area contributed by atoms with Crippen LogP contribution in [0.3, 0.4) is 0 Å². The van der Waals surface area contributed by atoms with E-state index in [0.29, 0.717) is 0 Å². The van der Waals surface area contributed by atoms with Gasteiger partial charge >= 0.3 is 0 Å². The highest BCUT2D eigenvalue weighted by Gasteiger charge is 2.07. The Morgan fingerprint density at radius 1 is 1.24 bits per heavy atom. The molecule has 17 heavy (non-hydrogen) atoms. The Kier molecular flexibility index (Phi) is 6.60. The van der Waals surface area contributed by atoms with Crippen LogP contribution >= 0.6 is 15.9 Å². The van der Waals surface area contributed by atoms with Crippen LogP contribution in [0.25, 0.3) is 0 Å². The van der Waals surface area contributed by atoms with Gasteiger partial charge in [0, 0.05) is 24.1 Å². The van der Waals surface area contributed by atoms with Crippen molar-refractivity contribution in [2.45, 2.75) is 33.7 Å². The number of anilines is 1. The minimum Gasteiger partial charge on any atom is -0.371 e. The lowest BCUT2D eigenvalue weighted by atomic mass is 10.2. The van der Waals surface area contributed by atoms with Gasteiger partial charge in [-0.3, -0.25) is 0 Å². The number of nitrogens with zero attached hydrogens (tertiary/aromatic N) is 1. The Balaban J connectivity index is 2.80. The number of benzene rings is 1. The first-order valence-corrected chi connectivity index (χ1v) is 7.26. The highest BCUT2D eigenvalue weighted by molar-refractivity contribution is 9.10. The standard InChI is InChI=1S/C14H23BrN2/c1-4-9-17(6-3)14-8-7-12(10-13(14)15)11-16-5-2/h7-8,10,16H,4-6,9,11H2,1-3H3. The molecule has 1 aromatic rings. The van der Waals surface area contributed by atoms with Gasteiger partial charge in [0.25, 0.3) is 0 Å². The monoisotopic (exact) mass is 298 g/mol. The molecule has 0 spiro atoms. The molecule has 3 heteroatoms. The molecule has 0 radical (unpaired) electrons. The molecule has 0 heterocycles. The summed E-state index contributed by atoms with van der Waals surface area (Å²) in [7, 11) is 0. The molecule has 1 aromatic carbocycles. The van der Waals surface area contributed by atoms with Crippen molar-refractivity contribution in [1.82, 2.24) is 5.32 Å². The summed E-state index contributed by atoms with van der Waals surface area (Å²) in [5.41, 5.74) is 2.63. The second-order valence-electron chi connectivity index (χ2n) is 4.15. The molecule has 96 valence electrons. The van der Waals surface area contributed by atoms with E-state index in [-0.39, 0.29) is 0 Å². The van der Waals surface area contributed by atoms with Crippen LogP contribution in [0, 0.1) is 0 Å². The van der Waals surface area contributed by atoms with E-state index in [0.717, 1.165) is 26.2 Å². The van der Waals surface area contributed by atoms with Gasteiger partial charge in [-0.25, -0.2) is 0 Å². The van der Waals surface area contributed by atoms with Crippen LogP contribution < -0.4 is 10.2 Å². The van der Waals surface area contributed by atoms with E-state index in [4.69, 9.17) is 0 Å². The predicted molar refractivity (Wildman–Crippen MR) is 79.7 cm³/mol. The Morgan fingerprint density at radius 2 is 2.00 bits per heavy atom. The molecule has 0 atom stereocenters. The normalized spacial score (nSPS) is 10.6. The van der Waals surface area contributed by atoms with E-state index >= 15 is 0 Å². The fourth-order valence-electron chi connectivity index (χ4n) is 1.90. The third kappa shape index (κ3) is 4.32. The van der Waals surface area contributed by atoms with Gasteiger partial charge in [0.05, 0.1) is 5.69 Å². The molecule has 1 N–H and O–H groups in total. The van der Waals surface area contributed by atoms with Crippen LogP contribution in [0.2, 0.25) is 0 Å². The molecule has 0 fully saturated rings. The van der Waals surface area contributed by atoms with E-state index in [1.807, 2.05) is 0 Å². The zero-order valence-corrected chi connectivity index (χ0v) is 12.7. The van der Waals surface area contributed by atoms with Gasteiger partial charge in [-0.05, 0) is 53.5 Å². The van der Waals surface area contributed by atoms with Crippen LogP contribution in [0.1, 0.15) is 32.8 Å². The number of nitrogens with one attached hydrogen (secondary N) is 1. The largest absolute Gasteiger partial charge is 0.371 e. The second kappa shape index (κ2) is 7.72. The molecule has 0 aliphatic heterocycles. The van der Waals surface area contributed by atoms with Gasteiger partial charge < -0.3 is 10.2 Å². The van der Waals surface area contributed by atoms with Crippen molar-refractivity contribution in [1.29, 1.82) is 0 Å². The fourth-order valence-corrected chi connectivity index (χ4v) is 2.58. The van der Waals surface area contributed by atoms with E-state index in [9.17, 15) is 0 Å². The second-order valence-corrected chi connectivity index (χ2v) is 5.00. The summed E-state index contributed by atoms with van der Waals surface area (Å²) < 4.78 is 1.20. The Morgan fingerprint density at radius 3 is 2.53 bits per heavy atom. The maximum Gasteiger partial charge on any atom is 0.0510 e.